The van der Waals surface area contributed by atoms with E-state index >= 15 is 0 Å². The van der Waals surface area contributed by atoms with Crippen LogP contribution in [0.1, 0.15) is 30.5 Å². The molecule has 0 spiro atoms. The Bertz CT molecular complexity index is 601. The summed E-state index contributed by atoms with van der Waals surface area (Å²) in [6.45, 7) is 2.07. The molecule has 21 heavy (non-hydrogen) atoms. The number of halogens is 2. The Kier molecular flexibility index (Phi) is 5.28. The average Bonchev–Trinajstić information content (AvgIpc) is 2.48. The van der Waals surface area contributed by atoms with E-state index in [2.05, 4.69) is 5.32 Å². The molecule has 1 unspecified atom stereocenters. The van der Waals surface area contributed by atoms with E-state index in [-0.39, 0.29) is 12.6 Å². The normalized spacial score (nSPS) is 12.2. The second kappa shape index (κ2) is 7.18. The topological polar surface area (TPSA) is 32.3 Å². The molecular formula is C17H19F2NO. The Balaban J connectivity index is 2.07. The molecule has 2 rings (SSSR count). The average molecular weight is 291 g/mol. The van der Waals surface area contributed by atoms with Crippen molar-refractivity contribution >= 4 is 5.69 Å². The maximum atomic E-state index is 13.3. The summed E-state index contributed by atoms with van der Waals surface area (Å²) < 4.78 is 26.2. The van der Waals surface area contributed by atoms with Gasteiger partial charge in [-0.3, -0.25) is 0 Å². The molecule has 112 valence electrons. The maximum Gasteiger partial charge on any atom is 0.159 e. The minimum atomic E-state index is -0.836. The minimum absolute atomic E-state index is 0.131. The summed E-state index contributed by atoms with van der Waals surface area (Å²) in [5, 5.41) is 12.1. The van der Waals surface area contributed by atoms with E-state index in [0.29, 0.717) is 5.56 Å². The Morgan fingerprint density at radius 3 is 2.62 bits per heavy atom. The maximum absolute atomic E-state index is 13.3. The number of hydrogen-bond donors (Lipinski definition) is 2. The number of hydrogen-bond acceptors (Lipinski definition) is 2. The molecule has 0 aromatic heterocycles. The van der Waals surface area contributed by atoms with E-state index in [9.17, 15) is 8.78 Å². The van der Waals surface area contributed by atoms with Crippen molar-refractivity contribution in [1.82, 2.24) is 0 Å². The summed E-state index contributed by atoms with van der Waals surface area (Å²) >= 11 is 0. The van der Waals surface area contributed by atoms with Gasteiger partial charge in [-0.25, -0.2) is 8.78 Å². The zero-order valence-electron chi connectivity index (χ0n) is 11.9. The molecule has 2 N–H and O–H groups in total. The summed E-state index contributed by atoms with van der Waals surface area (Å²) in [6.07, 6.45) is 1.54. The summed E-state index contributed by atoms with van der Waals surface area (Å²) in [4.78, 5) is 0. The Hall–Kier alpha value is -1.94. The third-order valence-electron chi connectivity index (χ3n) is 3.38. The van der Waals surface area contributed by atoms with Crippen molar-refractivity contribution < 1.29 is 13.9 Å². The zero-order chi connectivity index (χ0) is 15.2. The van der Waals surface area contributed by atoms with E-state index in [4.69, 9.17) is 5.11 Å². The van der Waals surface area contributed by atoms with Crippen molar-refractivity contribution in [2.45, 2.75) is 25.8 Å². The number of benzene rings is 2. The van der Waals surface area contributed by atoms with Gasteiger partial charge in [0.15, 0.2) is 11.6 Å². The van der Waals surface area contributed by atoms with Gasteiger partial charge in [-0.15, -0.1) is 0 Å². The molecule has 0 bridgehead atoms. The predicted molar refractivity (Wildman–Crippen MR) is 80.2 cm³/mol. The fourth-order valence-electron chi connectivity index (χ4n) is 2.21. The van der Waals surface area contributed by atoms with Crippen molar-refractivity contribution in [3.8, 4) is 0 Å². The molecule has 2 aromatic carbocycles. The monoisotopic (exact) mass is 291 g/mol. The van der Waals surface area contributed by atoms with E-state index in [0.717, 1.165) is 30.2 Å². The molecular weight excluding hydrogens is 272 g/mol. The number of aliphatic hydroxyl groups is 1. The second-order valence-electron chi connectivity index (χ2n) is 5.07. The molecule has 2 aromatic rings. The van der Waals surface area contributed by atoms with Gasteiger partial charge in [-0.05, 0) is 55.2 Å². The Labute approximate surface area is 123 Å². The van der Waals surface area contributed by atoms with Crippen molar-refractivity contribution in [2.75, 3.05) is 11.9 Å². The Morgan fingerprint density at radius 2 is 1.90 bits per heavy atom. The number of anilines is 1. The lowest BCUT2D eigenvalue weighted by Crippen LogP contribution is -2.07. The van der Waals surface area contributed by atoms with Crippen molar-refractivity contribution in [2.24, 2.45) is 0 Å². The molecule has 4 heteroatoms. The molecule has 0 saturated heterocycles. The molecule has 0 heterocycles. The molecule has 0 aliphatic heterocycles. The van der Waals surface area contributed by atoms with Gasteiger partial charge in [-0.2, -0.15) is 0 Å². The van der Waals surface area contributed by atoms with E-state index < -0.39 is 11.6 Å². The lowest BCUT2D eigenvalue weighted by Gasteiger charge is -2.16. The fraction of sp³-hybridized carbons (Fsp3) is 0.294. The molecule has 0 saturated carbocycles. The van der Waals surface area contributed by atoms with E-state index in [1.54, 1.807) is 6.07 Å². The molecule has 0 fully saturated rings. The Morgan fingerprint density at radius 1 is 1.10 bits per heavy atom. The highest BCUT2D eigenvalue weighted by atomic mass is 19.2. The largest absolute Gasteiger partial charge is 0.396 e. The van der Waals surface area contributed by atoms with Gasteiger partial charge in [0, 0.05) is 18.3 Å². The van der Waals surface area contributed by atoms with Crippen molar-refractivity contribution in [3.63, 3.8) is 0 Å². The number of aryl methyl sites for hydroxylation is 1. The van der Waals surface area contributed by atoms with E-state index in [1.165, 1.54) is 6.07 Å². The van der Waals surface area contributed by atoms with Crippen molar-refractivity contribution in [1.29, 1.82) is 0 Å². The van der Waals surface area contributed by atoms with Crippen molar-refractivity contribution in [3.05, 3.63) is 65.2 Å². The van der Waals surface area contributed by atoms with Gasteiger partial charge in [0.25, 0.3) is 0 Å². The van der Waals surface area contributed by atoms with Crippen LogP contribution in [0.25, 0.3) is 0 Å². The van der Waals surface area contributed by atoms with Crippen LogP contribution in [0.2, 0.25) is 0 Å². The number of aliphatic hydroxyl groups excluding tert-OH is 1. The molecule has 1 atom stereocenters. The third kappa shape index (κ3) is 4.26. The number of nitrogens with one attached hydrogen (secondary N) is 1. The van der Waals surface area contributed by atoms with Crippen LogP contribution in [0.5, 0.6) is 0 Å². The summed E-state index contributed by atoms with van der Waals surface area (Å²) in [6, 6.07) is 11.7. The standard InChI is InChI=1S/C17H19F2NO/c1-12(14-7-8-16(18)17(19)11-14)20-15-6-2-4-13(10-15)5-3-9-21/h2,4,6-8,10-12,20-21H,3,5,9H2,1H3. The highest BCUT2D eigenvalue weighted by Crippen LogP contribution is 2.22. The van der Waals surface area contributed by atoms with Crippen LogP contribution >= 0.6 is 0 Å². The van der Waals surface area contributed by atoms with Gasteiger partial charge < -0.3 is 10.4 Å². The van der Waals surface area contributed by atoms with Gasteiger partial charge in [0.2, 0.25) is 0 Å². The lowest BCUT2D eigenvalue weighted by molar-refractivity contribution is 0.288. The quantitative estimate of drug-likeness (QED) is 0.841. The van der Waals surface area contributed by atoms with Gasteiger partial charge in [0.1, 0.15) is 0 Å². The highest BCUT2D eigenvalue weighted by Gasteiger charge is 2.09. The van der Waals surface area contributed by atoms with Crippen LogP contribution in [0.15, 0.2) is 42.5 Å². The summed E-state index contributed by atoms with van der Waals surface area (Å²) in [7, 11) is 0. The first-order valence-corrected chi connectivity index (χ1v) is 7.01. The lowest BCUT2D eigenvalue weighted by atomic mass is 10.1. The van der Waals surface area contributed by atoms with Gasteiger partial charge >= 0.3 is 0 Å². The van der Waals surface area contributed by atoms with Crippen LogP contribution in [0.3, 0.4) is 0 Å². The first kappa shape index (κ1) is 15.4. The van der Waals surface area contributed by atoms with E-state index in [1.807, 2.05) is 31.2 Å². The SMILES string of the molecule is CC(Nc1cccc(CCCO)c1)c1ccc(F)c(F)c1. The van der Waals surface area contributed by atoms with Gasteiger partial charge in [-0.1, -0.05) is 18.2 Å². The molecule has 2 nitrogen and oxygen atoms in total. The molecule has 0 aliphatic carbocycles. The minimum Gasteiger partial charge on any atom is -0.396 e. The smallest absolute Gasteiger partial charge is 0.159 e. The van der Waals surface area contributed by atoms with Gasteiger partial charge in [0.05, 0.1) is 0 Å². The van der Waals surface area contributed by atoms with Crippen LogP contribution in [-0.2, 0) is 6.42 Å². The molecule has 0 aliphatic rings. The summed E-state index contributed by atoms with van der Waals surface area (Å²) in [5.41, 5.74) is 2.74. The van der Waals surface area contributed by atoms with Crippen LogP contribution in [-0.4, -0.2) is 11.7 Å². The fourth-order valence-corrected chi connectivity index (χ4v) is 2.21. The predicted octanol–water partition coefficient (Wildman–Crippen LogP) is 4.06. The summed E-state index contributed by atoms with van der Waals surface area (Å²) in [5.74, 6) is -1.67. The van der Waals surface area contributed by atoms with Crippen LogP contribution < -0.4 is 5.32 Å². The zero-order valence-corrected chi connectivity index (χ0v) is 11.9. The first-order chi connectivity index (χ1) is 10.1. The molecule has 0 radical (unpaired) electrons. The highest BCUT2D eigenvalue weighted by molar-refractivity contribution is 5.47. The third-order valence-corrected chi connectivity index (χ3v) is 3.38. The molecule has 0 amide bonds. The second-order valence-corrected chi connectivity index (χ2v) is 5.07. The number of rotatable bonds is 6. The first-order valence-electron chi connectivity index (χ1n) is 7.01. The van der Waals surface area contributed by atoms with Crippen LogP contribution in [0.4, 0.5) is 14.5 Å². The van der Waals surface area contributed by atoms with Crippen LogP contribution in [0, 0.1) is 11.6 Å².